The zero-order valence-electron chi connectivity index (χ0n) is 8.38. The Morgan fingerprint density at radius 3 is 2.69 bits per heavy atom. The van der Waals surface area contributed by atoms with Crippen LogP contribution in [0.4, 0.5) is 0 Å². The predicted molar refractivity (Wildman–Crippen MR) is 54.1 cm³/mol. The molecule has 1 aliphatic rings. The number of carbonyl (C=O) groups is 1. The van der Waals surface area contributed by atoms with Crippen LogP contribution >= 0.6 is 0 Å². The highest BCUT2D eigenvalue weighted by Crippen LogP contribution is 2.23. The van der Waals surface area contributed by atoms with E-state index in [1.165, 1.54) is 19.3 Å². The first-order chi connectivity index (χ1) is 6.34. The van der Waals surface area contributed by atoms with Gasteiger partial charge in [0.1, 0.15) is 0 Å². The molecule has 0 saturated heterocycles. The van der Waals surface area contributed by atoms with E-state index in [1.807, 2.05) is 6.08 Å². The first-order valence-electron chi connectivity index (χ1n) is 5.30. The van der Waals surface area contributed by atoms with Gasteiger partial charge in [-0.05, 0) is 25.5 Å². The molecule has 2 heteroatoms. The number of allylic oxidation sites excluding steroid dienone is 1. The van der Waals surface area contributed by atoms with Crippen LogP contribution < -0.4 is 5.32 Å². The summed E-state index contributed by atoms with van der Waals surface area (Å²) < 4.78 is 0. The molecule has 0 aromatic carbocycles. The molecule has 0 aromatic heterocycles. The third-order valence-electron chi connectivity index (χ3n) is 2.56. The van der Waals surface area contributed by atoms with Gasteiger partial charge in [-0.1, -0.05) is 32.3 Å². The number of nitrogens with one attached hydrogen (secondary N) is 1. The number of hydrogen-bond acceptors (Lipinski definition) is 1. The third kappa shape index (κ3) is 3.62. The lowest BCUT2D eigenvalue weighted by molar-refractivity contribution is -0.124. The van der Waals surface area contributed by atoms with E-state index < -0.39 is 0 Å². The van der Waals surface area contributed by atoms with E-state index in [1.54, 1.807) is 6.20 Å². The van der Waals surface area contributed by atoms with E-state index in [0.29, 0.717) is 0 Å². The van der Waals surface area contributed by atoms with Gasteiger partial charge < -0.3 is 5.32 Å². The van der Waals surface area contributed by atoms with Crippen LogP contribution in [0.15, 0.2) is 12.3 Å². The SMILES string of the molecule is CCC=CNC(=O)C1CCCCC1. The molecule has 13 heavy (non-hydrogen) atoms. The van der Waals surface area contributed by atoms with Crippen molar-refractivity contribution < 1.29 is 4.79 Å². The summed E-state index contributed by atoms with van der Waals surface area (Å²) in [5.41, 5.74) is 0. The van der Waals surface area contributed by atoms with Crippen molar-refractivity contribution in [1.82, 2.24) is 5.32 Å². The van der Waals surface area contributed by atoms with Gasteiger partial charge in [-0.2, -0.15) is 0 Å². The van der Waals surface area contributed by atoms with Crippen LogP contribution in [0.1, 0.15) is 45.4 Å². The first-order valence-corrected chi connectivity index (χ1v) is 5.30. The van der Waals surface area contributed by atoms with Crippen molar-refractivity contribution in [3.63, 3.8) is 0 Å². The lowest BCUT2D eigenvalue weighted by Crippen LogP contribution is -2.28. The van der Waals surface area contributed by atoms with Gasteiger partial charge in [-0.3, -0.25) is 4.79 Å². The molecule has 1 N–H and O–H groups in total. The number of rotatable bonds is 3. The molecule has 1 fully saturated rings. The van der Waals surface area contributed by atoms with Crippen molar-refractivity contribution >= 4 is 5.91 Å². The molecular weight excluding hydrogens is 162 g/mol. The second kappa shape index (κ2) is 5.79. The Morgan fingerprint density at radius 1 is 1.38 bits per heavy atom. The largest absolute Gasteiger partial charge is 0.333 e. The standard InChI is InChI=1S/C11H19NO/c1-2-3-9-12-11(13)10-7-5-4-6-8-10/h3,9-10H,2,4-8H2,1H3,(H,12,13). The quantitative estimate of drug-likeness (QED) is 0.712. The van der Waals surface area contributed by atoms with Gasteiger partial charge in [0, 0.05) is 5.92 Å². The Hall–Kier alpha value is -0.790. The summed E-state index contributed by atoms with van der Waals surface area (Å²) in [5, 5.41) is 2.83. The monoisotopic (exact) mass is 181 g/mol. The minimum absolute atomic E-state index is 0.212. The van der Waals surface area contributed by atoms with E-state index in [4.69, 9.17) is 0 Å². The number of carbonyl (C=O) groups excluding carboxylic acids is 1. The number of amides is 1. The van der Waals surface area contributed by atoms with Crippen molar-refractivity contribution in [1.29, 1.82) is 0 Å². The van der Waals surface area contributed by atoms with E-state index in [9.17, 15) is 4.79 Å². The highest BCUT2D eigenvalue weighted by Gasteiger charge is 2.19. The van der Waals surface area contributed by atoms with Crippen LogP contribution in [0.5, 0.6) is 0 Å². The molecule has 1 saturated carbocycles. The Labute approximate surface area is 80.4 Å². The van der Waals surface area contributed by atoms with Crippen molar-refractivity contribution in [3.8, 4) is 0 Å². The molecule has 0 bridgehead atoms. The van der Waals surface area contributed by atoms with Crippen LogP contribution in [0, 0.1) is 5.92 Å². The second-order valence-electron chi connectivity index (χ2n) is 3.65. The van der Waals surface area contributed by atoms with Crippen molar-refractivity contribution in [3.05, 3.63) is 12.3 Å². The molecule has 0 aliphatic heterocycles. The lowest BCUT2D eigenvalue weighted by Gasteiger charge is -2.19. The Balaban J connectivity index is 2.25. The molecular formula is C11H19NO. The van der Waals surface area contributed by atoms with Crippen LogP contribution in [0.2, 0.25) is 0 Å². The number of hydrogen-bond donors (Lipinski definition) is 1. The first kappa shape index (κ1) is 10.3. The van der Waals surface area contributed by atoms with Gasteiger partial charge >= 0.3 is 0 Å². The minimum atomic E-state index is 0.212. The summed E-state index contributed by atoms with van der Waals surface area (Å²) >= 11 is 0. The molecule has 1 aliphatic carbocycles. The minimum Gasteiger partial charge on any atom is -0.333 e. The van der Waals surface area contributed by atoms with Crippen LogP contribution in [-0.4, -0.2) is 5.91 Å². The maximum atomic E-state index is 11.5. The van der Waals surface area contributed by atoms with E-state index >= 15 is 0 Å². The molecule has 1 amide bonds. The molecule has 0 spiro atoms. The fourth-order valence-corrected chi connectivity index (χ4v) is 1.74. The Kier molecular flexibility index (Phi) is 4.58. The maximum absolute atomic E-state index is 11.5. The highest BCUT2D eigenvalue weighted by atomic mass is 16.1. The summed E-state index contributed by atoms with van der Waals surface area (Å²) in [5.74, 6) is 0.486. The Morgan fingerprint density at radius 2 is 2.08 bits per heavy atom. The van der Waals surface area contributed by atoms with Crippen LogP contribution in [0.3, 0.4) is 0 Å². The summed E-state index contributed by atoms with van der Waals surface area (Å²) in [6.45, 7) is 2.06. The van der Waals surface area contributed by atoms with Gasteiger partial charge in [-0.25, -0.2) is 0 Å². The zero-order valence-corrected chi connectivity index (χ0v) is 8.38. The summed E-state index contributed by atoms with van der Waals surface area (Å²) in [4.78, 5) is 11.5. The topological polar surface area (TPSA) is 29.1 Å². The molecule has 0 radical (unpaired) electrons. The van der Waals surface area contributed by atoms with Crippen LogP contribution in [-0.2, 0) is 4.79 Å². The predicted octanol–water partition coefficient (Wildman–Crippen LogP) is 2.61. The average Bonchev–Trinajstić information content (AvgIpc) is 2.19. The van der Waals surface area contributed by atoms with Crippen molar-refractivity contribution in [2.75, 3.05) is 0 Å². The van der Waals surface area contributed by atoms with Gasteiger partial charge in [0.15, 0.2) is 0 Å². The van der Waals surface area contributed by atoms with E-state index in [0.717, 1.165) is 19.3 Å². The van der Waals surface area contributed by atoms with Gasteiger partial charge in [0.05, 0.1) is 0 Å². The molecule has 0 unspecified atom stereocenters. The summed E-state index contributed by atoms with van der Waals surface area (Å²) in [6, 6.07) is 0. The maximum Gasteiger partial charge on any atom is 0.227 e. The normalized spacial score (nSPS) is 19.2. The fourth-order valence-electron chi connectivity index (χ4n) is 1.74. The molecule has 0 aromatic rings. The smallest absolute Gasteiger partial charge is 0.227 e. The zero-order chi connectivity index (χ0) is 9.52. The highest BCUT2D eigenvalue weighted by molar-refractivity contribution is 5.79. The Bertz CT molecular complexity index is 181. The average molecular weight is 181 g/mol. The molecule has 1 rings (SSSR count). The van der Waals surface area contributed by atoms with Crippen LogP contribution in [0.25, 0.3) is 0 Å². The molecule has 2 nitrogen and oxygen atoms in total. The summed E-state index contributed by atoms with van der Waals surface area (Å²) in [7, 11) is 0. The lowest BCUT2D eigenvalue weighted by atomic mass is 9.89. The second-order valence-corrected chi connectivity index (χ2v) is 3.65. The van der Waals surface area contributed by atoms with Crippen molar-refractivity contribution in [2.24, 2.45) is 5.92 Å². The molecule has 0 atom stereocenters. The van der Waals surface area contributed by atoms with Gasteiger partial charge in [-0.15, -0.1) is 0 Å². The molecule has 0 heterocycles. The fraction of sp³-hybridized carbons (Fsp3) is 0.727. The van der Waals surface area contributed by atoms with E-state index in [-0.39, 0.29) is 11.8 Å². The third-order valence-corrected chi connectivity index (χ3v) is 2.56. The summed E-state index contributed by atoms with van der Waals surface area (Å²) in [6.07, 6.45) is 10.6. The van der Waals surface area contributed by atoms with Gasteiger partial charge in [0.2, 0.25) is 5.91 Å². The van der Waals surface area contributed by atoms with Gasteiger partial charge in [0.25, 0.3) is 0 Å². The van der Waals surface area contributed by atoms with E-state index in [2.05, 4.69) is 12.2 Å². The molecule has 74 valence electrons. The van der Waals surface area contributed by atoms with Crippen molar-refractivity contribution in [2.45, 2.75) is 45.4 Å².